The van der Waals surface area contributed by atoms with E-state index >= 15 is 0 Å². The minimum absolute atomic E-state index is 0.126. The molecular formula is C16H24N2O3. The third kappa shape index (κ3) is 3.74. The van der Waals surface area contributed by atoms with Crippen molar-refractivity contribution >= 4 is 5.91 Å². The maximum absolute atomic E-state index is 11.7. The minimum Gasteiger partial charge on any atom is -0.496 e. The fraction of sp³-hybridized carbons (Fsp3) is 0.562. The number of ether oxygens (including phenoxy) is 2. The summed E-state index contributed by atoms with van der Waals surface area (Å²) in [7, 11) is 3.40. The summed E-state index contributed by atoms with van der Waals surface area (Å²) in [6.07, 6.45) is 0. The third-order valence-corrected chi connectivity index (χ3v) is 4.02. The molecule has 0 N–H and O–H groups in total. The van der Waals surface area contributed by atoms with E-state index in [0.717, 1.165) is 30.9 Å². The molecule has 5 heteroatoms. The Morgan fingerprint density at radius 2 is 2.05 bits per heavy atom. The summed E-state index contributed by atoms with van der Waals surface area (Å²) in [6, 6.07) is 8.17. The zero-order valence-electron chi connectivity index (χ0n) is 13.0. The summed E-state index contributed by atoms with van der Waals surface area (Å²) in [5.74, 6) is 0.997. The van der Waals surface area contributed by atoms with Crippen molar-refractivity contribution in [3.05, 3.63) is 29.8 Å². The van der Waals surface area contributed by atoms with Crippen molar-refractivity contribution in [1.82, 2.24) is 9.80 Å². The number of benzene rings is 1. The molecule has 21 heavy (non-hydrogen) atoms. The molecule has 1 aliphatic rings. The second-order valence-electron chi connectivity index (χ2n) is 5.25. The number of nitrogens with zero attached hydrogens (tertiary/aromatic N) is 2. The van der Waals surface area contributed by atoms with Gasteiger partial charge < -0.3 is 14.4 Å². The van der Waals surface area contributed by atoms with Gasteiger partial charge in [0.1, 0.15) is 5.75 Å². The van der Waals surface area contributed by atoms with Gasteiger partial charge in [0.2, 0.25) is 5.91 Å². The predicted molar refractivity (Wildman–Crippen MR) is 81.4 cm³/mol. The summed E-state index contributed by atoms with van der Waals surface area (Å²) >= 11 is 0. The van der Waals surface area contributed by atoms with Crippen LogP contribution in [-0.4, -0.2) is 62.7 Å². The largest absolute Gasteiger partial charge is 0.496 e. The highest BCUT2D eigenvalue weighted by Crippen LogP contribution is 2.31. The zero-order chi connectivity index (χ0) is 15.2. The van der Waals surface area contributed by atoms with E-state index in [2.05, 4.69) is 11.0 Å². The van der Waals surface area contributed by atoms with Gasteiger partial charge in [-0.1, -0.05) is 18.2 Å². The van der Waals surface area contributed by atoms with Gasteiger partial charge in [-0.25, -0.2) is 0 Å². The summed E-state index contributed by atoms with van der Waals surface area (Å²) in [5, 5.41) is 0. The summed E-state index contributed by atoms with van der Waals surface area (Å²) in [6.45, 7) is 5.48. The third-order valence-electron chi connectivity index (χ3n) is 4.02. The molecule has 1 aromatic carbocycles. The number of carbonyl (C=O) groups excluding carboxylic acids is 1. The van der Waals surface area contributed by atoms with Crippen LogP contribution >= 0.6 is 0 Å². The highest BCUT2D eigenvalue weighted by molar-refractivity contribution is 5.73. The molecule has 1 saturated heterocycles. The Morgan fingerprint density at radius 1 is 1.29 bits per heavy atom. The van der Waals surface area contributed by atoms with Crippen LogP contribution in [0.4, 0.5) is 0 Å². The van der Waals surface area contributed by atoms with Gasteiger partial charge in [0, 0.05) is 45.8 Å². The number of hydrogen-bond acceptors (Lipinski definition) is 4. The molecule has 1 atom stereocenters. The number of methoxy groups -OCH3 is 2. The van der Waals surface area contributed by atoms with Crippen molar-refractivity contribution in [1.29, 1.82) is 0 Å². The Balaban J connectivity index is 2.25. The first kappa shape index (κ1) is 15.8. The smallest absolute Gasteiger partial charge is 0.219 e. The lowest BCUT2D eigenvalue weighted by atomic mass is 10.0. The molecular weight excluding hydrogens is 268 g/mol. The average Bonchev–Trinajstić information content (AvgIpc) is 2.52. The van der Waals surface area contributed by atoms with Crippen LogP contribution in [0.25, 0.3) is 0 Å². The van der Waals surface area contributed by atoms with Crippen LogP contribution in [0.1, 0.15) is 18.5 Å². The van der Waals surface area contributed by atoms with Crippen LogP contribution in [0.2, 0.25) is 0 Å². The van der Waals surface area contributed by atoms with Crippen molar-refractivity contribution < 1.29 is 14.3 Å². The second kappa shape index (κ2) is 7.43. The van der Waals surface area contributed by atoms with Crippen LogP contribution in [0, 0.1) is 0 Å². The van der Waals surface area contributed by atoms with Gasteiger partial charge in [-0.3, -0.25) is 9.69 Å². The van der Waals surface area contributed by atoms with Crippen LogP contribution in [-0.2, 0) is 9.53 Å². The van der Waals surface area contributed by atoms with E-state index in [1.165, 1.54) is 0 Å². The SMILES string of the molecule is COCCN1CCN(C(C)=O)C[C@@H]1c1ccccc1OC. The van der Waals surface area contributed by atoms with Gasteiger partial charge >= 0.3 is 0 Å². The molecule has 0 radical (unpaired) electrons. The Morgan fingerprint density at radius 3 is 2.71 bits per heavy atom. The maximum Gasteiger partial charge on any atom is 0.219 e. The molecule has 0 saturated carbocycles. The zero-order valence-corrected chi connectivity index (χ0v) is 13.0. The molecule has 1 heterocycles. The first-order chi connectivity index (χ1) is 10.2. The predicted octanol–water partition coefficient (Wildman–Crippen LogP) is 1.55. The molecule has 0 bridgehead atoms. The Labute approximate surface area is 126 Å². The minimum atomic E-state index is 0.126. The highest BCUT2D eigenvalue weighted by Gasteiger charge is 2.30. The van der Waals surface area contributed by atoms with Gasteiger partial charge in [-0.15, -0.1) is 0 Å². The molecule has 1 aromatic rings. The number of hydrogen-bond donors (Lipinski definition) is 0. The maximum atomic E-state index is 11.7. The van der Waals surface area contributed by atoms with E-state index < -0.39 is 0 Å². The summed E-state index contributed by atoms with van der Waals surface area (Å²) < 4.78 is 10.7. The van der Waals surface area contributed by atoms with E-state index in [9.17, 15) is 4.79 Å². The number of amides is 1. The Bertz CT molecular complexity index is 478. The highest BCUT2D eigenvalue weighted by atomic mass is 16.5. The van der Waals surface area contributed by atoms with Crippen molar-refractivity contribution in [2.75, 3.05) is 47.0 Å². The van der Waals surface area contributed by atoms with E-state index in [1.54, 1.807) is 21.1 Å². The molecule has 1 aliphatic heterocycles. The Kier molecular flexibility index (Phi) is 5.59. The van der Waals surface area contributed by atoms with Gasteiger partial charge in [-0.05, 0) is 6.07 Å². The normalized spacial score (nSPS) is 19.6. The van der Waals surface area contributed by atoms with Crippen LogP contribution < -0.4 is 4.74 Å². The molecule has 2 rings (SSSR count). The lowest BCUT2D eigenvalue weighted by molar-refractivity contribution is -0.132. The molecule has 0 aromatic heterocycles. The number of carbonyl (C=O) groups is 1. The van der Waals surface area contributed by atoms with Crippen molar-refractivity contribution in [2.24, 2.45) is 0 Å². The lowest BCUT2D eigenvalue weighted by Gasteiger charge is -2.41. The molecule has 1 amide bonds. The van der Waals surface area contributed by atoms with Gasteiger partial charge in [0.25, 0.3) is 0 Å². The summed E-state index contributed by atoms with van der Waals surface area (Å²) in [5.41, 5.74) is 1.13. The van der Waals surface area contributed by atoms with Crippen LogP contribution in [0.3, 0.4) is 0 Å². The molecule has 0 unspecified atom stereocenters. The molecule has 0 aliphatic carbocycles. The van der Waals surface area contributed by atoms with E-state index in [4.69, 9.17) is 9.47 Å². The summed E-state index contributed by atoms with van der Waals surface area (Å²) in [4.78, 5) is 16.0. The van der Waals surface area contributed by atoms with E-state index in [-0.39, 0.29) is 11.9 Å². The molecule has 116 valence electrons. The van der Waals surface area contributed by atoms with Gasteiger partial charge in [0.05, 0.1) is 19.8 Å². The van der Waals surface area contributed by atoms with Gasteiger partial charge in [0.15, 0.2) is 0 Å². The topological polar surface area (TPSA) is 42.0 Å². The van der Waals surface area contributed by atoms with Crippen molar-refractivity contribution in [3.8, 4) is 5.75 Å². The standard InChI is InChI=1S/C16H24N2O3/c1-13(19)18-9-8-17(10-11-20-2)15(12-18)14-6-4-5-7-16(14)21-3/h4-7,15H,8-12H2,1-3H3/t15-/m1/s1. The number of rotatable bonds is 5. The van der Waals surface area contributed by atoms with Crippen molar-refractivity contribution in [2.45, 2.75) is 13.0 Å². The Hall–Kier alpha value is -1.59. The first-order valence-corrected chi connectivity index (χ1v) is 7.28. The van der Waals surface area contributed by atoms with E-state index in [0.29, 0.717) is 13.2 Å². The van der Waals surface area contributed by atoms with Crippen LogP contribution in [0.15, 0.2) is 24.3 Å². The second-order valence-corrected chi connectivity index (χ2v) is 5.25. The fourth-order valence-corrected chi connectivity index (χ4v) is 2.82. The van der Waals surface area contributed by atoms with Gasteiger partial charge in [-0.2, -0.15) is 0 Å². The number of para-hydroxylation sites is 1. The quantitative estimate of drug-likeness (QED) is 0.826. The first-order valence-electron chi connectivity index (χ1n) is 7.28. The van der Waals surface area contributed by atoms with Crippen LogP contribution in [0.5, 0.6) is 5.75 Å². The molecule has 0 spiro atoms. The average molecular weight is 292 g/mol. The number of piperazine rings is 1. The molecule has 1 fully saturated rings. The lowest BCUT2D eigenvalue weighted by Crippen LogP contribution is -2.50. The van der Waals surface area contributed by atoms with E-state index in [1.807, 2.05) is 23.1 Å². The monoisotopic (exact) mass is 292 g/mol. The molecule has 5 nitrogen and oxygen atoms in total. The van der Waals surface area contributed by atoms with Crippen molar-refractivity contribution in [3.63, 3.8) is 0 Å². The fourth-order valence-electron chi connectivity index (χ4n) is 2.82.